The minimum atomic E-state index is 0.229. The number of nitrogens with zero attached hydrogens (tertiary/aromatic N) is 1. The lowest BCUT2D eigenvalue weighted by Gasteiger charge is -2.17. The van der Waals surface area contributed by atoms with Crippen LogP contribution in [0.4, 0.5) is 0 Å². The van der Waals surface area contributed by atoms with Crippen LogP contribution < -0.4 is 0 Å². The highest BCUT2D eigenvalue weighted by Gasteiger charge is 2.07. The Morgan fingerprint density at radius 1 is 1.50 bits per heavy atom. The van der Waals surface area contributed by atoms with Gasteiger partial charge in [0.05, 0.1) is 0 Å². The third-order valence-corrected chi connectivity index (χ3v) is 2.17. The van der Waals surface area contributed by atoms with Crippen LogP contribution in [-0.2, 0) is 4.79 Å². The number of amides is 1. The number of carbonyl (C=O) groups is 1. The Morgan fingerprint density at radius 3 is 2.50 bits per heavy atom. The van der Waals surface area contributed by atoms with E-state index in [1.54, 1.807) is 4.90 Å². The van der Waals surface area contributed by atoms with Gasteiger partial charge in [-0.1, -0.05) is 29.8 Å². The average molecular weight is 236 g/mol. The van der Waals surface area contributed by atoms with Crippen LogP contribution in [0.1, 0.15) is 26.7 Å². The highest BCUT2D eigenvalue weighted by atomic mass is 79.9. The summed E-state index contributed by atoms with van der Waals surface area (Å²) in [5, 5.41) is 0.762. The topological polar surface area (TPSA) is 20.3 Å². The molecule has 0 spiro atoms. The van der Waals surface area contributed by atoms with Crippen LogP contribution in [0, 0.1) is 5.92 Å². The zero-order chi connectivity index (χ0) is 9.56. The monoisotopic (exact) mass is 235 g/mol. The summed E-state index contributed by atoms with van der Waals surface area (Å²) in [4.78, 5) is 13.1. The van der Waals surface area contributed by atoms with E-state index < -0.39 is 0 Å². The van der Waals surface area contributed by atoms with Gasteiger partial charge in [-0.3, -0.25) is 4.79 Å². The van der Waals surface area contributed by atoms with Crippen molar-refractivity contribution in [1.82, 2.24) is 4.90 Å². The second kappa shape index (κ2) is 6.46. The molecule has 2 nitrogen and oxygen atoms in total. The molecule has 0 aromatic heterocycles. The quantitative estimate of drug-likeness (QED) is 0.670. The summed E-state index contributed by atoms with van der Waals surface area (Å²) in [7, 11) is 1.87. The predicted octanol–water partition coefficient (Wildman–Crippen LogP) is 2.28. The van der Waals surface area contributed by atoms with Crippen molar-refractivity contribution in [3.8, 4) is 0 Å². The lowest BCUT2D eigenvalue weighted by molar-refractivity contribution is -0.129. The molecule has 0 saturated carbocycles. The molecule has 1 amide bonds. The summed E-state index contributed by atoms with van der Waals surface area (Å²) in [5.41, 5.74) is 0. The summed E-state index contributed by atoms with van der Waals surface area (Å²) in [6, 6.07) is 0. The van der Waals surface area contributed by atoms with E-state index in [0.717, 1.165) is 18.3 Å². The fourth-order valence-corrected chi connectivity index (χ4v) is 1.19. The Morgan fingerprint density at radius 2 is 2.08 bits per heavy atom. The molecular formula is C9H18BrNO. The van der Waals surface area contributed by atoms with Crippen molar-refractivity contribution >= 4 is 21.8 Å². The zero-order valence-corrected chi connectivity index (χ0v) is 9.73. The maximum absolute atomic E-state index is 11.3. The first-order chi connectivity index (χ1) is 5.57. The van der Waals surface area contributed by atoms with E-state index in [2.05, 4.69) is 29.8 Å². The molecular weight excluding hydrogens is 218 g/mol. The zero-order valence-electron chi connectivity index (χ0n) is 8.14. The van der Waals surface area contributed by atoms with Gasteiger partial charge in [-0.05, 0) is 12.3 Å². The van der Waals surface area contributed by atoms with Crippen molar-refractivity contribution in [1.29, 1.82) is 0 Å². The molecule has 0 unspecified atom stereocenters. The molecule has 0 saturated heterocycles. The summed E-state index contributed by atoms with van der Waals surface area (Å²) < 4.78 is 0. The number of hydrogen-bond donors (Lipinski definition) is 0. The molecule has 0 radical (unpaired) electrons. The minimum Gasteiger partial charge on any atom is -0.346 e. The first-order valence-corrected chi connectivity index (χ1v) is 5.50. The molecule has 0 rings (SSSR count). The molecule has 0 aromatic rings. The summed E-state index contributed by atoms with van der Waals surface area (Å²) >= 11 is 3.25. The van der Waals surface area contributed by atoms with Crippen molar-refractivity contribution in [2.75, 3.05) is 18.9 Å². The fourth-order valence-electron chi connectivity index (χ4n) is 0.848. The average Bonchev–Trinajstić information content (AvgIpc) is 2.00. The molecule has 0 aliphatic rings. The first kappa shape index (κ1) is 11.9. The van der Waals surface area contributed by atoms with E-state index in [1.165, 1.54) is 0 Å². The molecule has 12 heavy (non-hydrogen) atoms. The summed E-state index contributed by atoms with van der Waals surface area (Å²) in [6.45, 7) is 5.22. The third kappa shape index (κ3) is 5.58. The Kier molecular flexibility index (Phi) is 6.44. The molecule has 72 valence electrons. The molecule has 0 fully saturated rings. The number of alkyl halides is 1. The van der Waals surface area contributed by atoms with Gasteiger partial charge in [0.2, 0.25) is 5.91 Å². The Bertz CT molecular complexity index is 136. The van der Waals surface area contributed by atoms with E-state index in [0.29, 0.717) is 12.3 Å². The van der Waals surface area contributed by atoms with Crippen LogP contribution in [0.5, 0.6) is 0 Å². The van der Waals surface area contributed by atoms with Crippen molar-refractivity contribution in [2.24, 2.45) is 5.92 Å². The van der Waals surface area contributed by atoms with E-state index in [4.69, 9.17) is 0 Å². The Labute approximate surface area is 83.4 Å². The lowest BCUT2D eigenvalue weighted by atomic mass is 10.1. The predicted molar refractivity (Wildman–Crippen MR) is 55.5 cm³/mol. The molecule has 0 bridgehead atoms. The Hall–Kier alpha value is -0.0500. The normalized spacial score (nSPS) is 10.4. The van der Waals surface area contributed by atoms with Crippen molar-refractivity contribution in [3.63, 3.8) is 0 Å². The molecule has 0 aliphatic heterocycles. The van der Waals surface area contributed by atoms with Crippen molar-refractivity contribution in [2.45, 2.75) is 26.7 Å². The fraction of sp³-hybridized carbons (Fsp3) is 0.889. The maximum atomic E-state index is 11.3. The van der Waals surface area contributed by atoms with Gasteiger partial charge in [-0.25, -0.2) is 0 Å². The number of hydrogen-bond acceptors (Lipinski definition) is 1. The van der Waals surface area contributed by atoms with Gasteiger partial charge in [0.25, 0.3) is 0 Å². The van der Waals surface area contributed by atoms with E-state index in [-0.39, 0.29) is 5.91 Å². The minimum absolute atomic E-state index is 0.229. The molecule has 0 aliphatic carbocycles. The van der Waals surface area contributed by atoms with Crippen molar-refractivity contribution < 1.29 is 4.79 Å². The maximum Gasteiger partial charge on any atom is 0.223 e. The first-order valence-electron chi connectivity index (χ1n) is 4.37. The Balaban J connectivity index is 3.56. The third-order valence-electron chi connectivity index (χ3n) is 1.78. The summed E-state index contributed by atoms with van der Waals surface area (Å²) in [5.74, 6) is 0.900. The smallest absolute Gasteiger partial charge is 0.223 e. The van der Waals surface area contributed by atoms with Crippen LogP contribution in [0.15, 0.2) is 0 Å². The number of halogens is 1. The van der Waals surface area contributed by atoms with Gasteiger partial charge in [-0.15, -0.1) is 0 Å². The van der Waals surface area contributed by atoms with Crippen LogP contribution in [0.2, 0.25) is 0 Å². The molecule has 0 atom stereocenters. The second-order valence-electron chi connectivity index (χ2n) is 3.44. The van der Waals surface area contributed by atoms with Gasteiger partial charge >= 0.3 is 0 Å². The summed E-state index contributed by atoms with van der Waals surface area (Å²) in [6.07, 6.45) is 1.69. The van der Waals surface area contributed by atoms with E-state index in [9.17, 15) is 4.79 Å². The molecule has 3 heteroatoms. The lowest BCUT2D eigenvalue weighted by Crippen LogP contribution is -2.28. The molecule has 0 heterocycles. The second-order valence-corrected chi connectivity index (χ2v) is 4.23. The van der Waals surface area contributed by atoms with Crippen LogP contribution in [0.25, 0.3) is 0 Å². The van der Waals surface area contributed by atoms with E-state index in [1.807, 2.05) is 7.05 Å². The highest BCUT2D eigenvalue weighted by molar-refractivity contribution is 9.09. The van der Waals surface area contributed by atoms with Crippen LogP contribution in [-0.4, -0.2) is 29.7 Å². The van der Waals surface area contributed by atoms with E-state index >= 15 is 0 Å². The van der Waals surface area contributed by atoms with Crippen LogP contribution in [0.3, 0.4) is 0 Å². The van der Waals surface area contributed by atoms with Crippen LogP contribution >= 0.6 is 15.9 Å². The van der Waals surface area contributed by atoms with Gasteiger partial charge in [0.15, 0.2) is 0 Å². The number of rotatable bonds is 5. The largest absolute Gasteiger partial charge is 0.346 e. The van der Waals surface area contributed by atoms with Crippen molar-refractivity contribution in [3.05, 3.63) is 0 Å². The highest BCUT2D eigenvalue weighted by Crippen LogP contribution is 2.02. The molecule has 0 N–H and O–H groups in total. The van der Waals surface area contributed by atoms with Gasteiger partial charge < -0.3 is 4.90 Å². The number of carbonyl (C=O) groups excluding carboxylic acids is 1. The molecule has 0 aromatic carbocycles. The SMILES string of the molecule is CC(C)CCN(C)C(=O)CCBr. The van der Waals surface area contributed by atoms with Gasteiger partial charge in [0, 0.05) is 25.3 Å². The standard InChI is InChI=1S/C9H18BrNO/c1-8(2)5-7-11(3)9(12)4-6-10/h8H,4-7H2,1-3H3. The van der Waals surface area contributed by atoms with Gasteiger partial charge in [-0.2, -0.15) is 0 Å². The van der Waals surface area contributed by atoms with Gasteiger partial charge in [0.1, 0.15) is 0 Å².